The molecule has 2 amide bonds. The monoisotopic (exact) mass is 463 g/mol. The minimum absolute atomic E-state index is 0.181. The molecule has 33 heavy (non-hydrogen) atoms. The first-order chi connectivity index (χ1) is 15.9. The van der Waals surface area contributed by atoms with Crippen molar-refractivity contribution in [1.82, 2.24) is 20.2 Å². The van der Waals surface area contributed by atoms with Gasteiger partial charge in [0.15, 0.2) is 0 Å². The fourth-order valence-electron chi connectivity index (χ4n) is 4.17. The highest BCUT2D eigenvalue weighted by molar-refractivity contribution is 5.93. The Bertz CT molecular complexity index is 927. The van der Waals surface area contributed by atoms with Gasteiger partial charge in [-0.15, -0.1) is 0 Å². The number of alkyl halides is 3. The summed E-state index contributed by atoms with van der Waals surface area (Å²) in [7, 11) is 0. The first-order valence-corrected chi connectivity index (χ1v) is 11.2. The summed E-state index contributed by atoms with van der Waals surface area (Å²) in [6, 6.07) is 4.80. The largest absolute Gasteiger partial charge is 0.416 e. The van der Waals surface area contributed by atoms with Crippen LogP contribution in [0.15, 0.2) is 36.7 Å². The number of aromatic nitrogens is 2. The molecule has 0 saturated carbocycles. The SMILES string of the molecule is O=C(NCCN1CCN(c2ncccn2)CC1)Nc1cc(C(F)(F)F)ccc1N1CCCC1. The third kappa shape index (κ3) is 6.04. The van der Waals surface area contributed by atoms with Crippen LogP contribution in [0.1, 0.15) is 18.4 Å². The quantitative estimate of drug-likeness (QED) is 0.686. The molecule has 0 spiro atoms. The number of urea groups is 1. The number of nitrogens with one attached hydrogen (secondary N) is 2. The second-order valence-electron chi connectivity index (χ2n) is 8.18. The van der Waals surface area contributed by atoms with Gasteiger partial charge in [0, 0.05) is 64.8 Å². The molecule has 4 rings (SSSR count). The highest BCUT2D eigenvalue weighted by Crippen LogP contribution is 2.36. The molecule has 8 nitrogen and oxygen atoms in total. The van der Waals surface area contributed by atoms with Crippen LogP contribution in [0.2, 0.25) is 0 Å². The van der Waals surface area contributed by atoms with Crippen LogP contribution in [0.25, 0.3) is 0 Å². The van der Waals surface area contributed by atoms with Crippen molar-refractivity contribution in [3.05, 3.63) is 42.2 Å². The summed E-state index contributed by atoms with van der Waals surface area (Å²) in [5.74, 6) is 0.713. The zero-order chi connectivity index (χ0) is 23.3. The molecule has 2 aromatic rings. The lowest BCUT2D eigenvalue weighted by molar-refractivity contribution is -0.137. The number of anilines is 3. The molecule has 2 fully saturated rings. The van der Waals surface area contributed by atoms with Crippen LogP contribution in [0, 0.1) is 0 Å². The van der Waals surface area contributed by atoms with Crippen molar-refractivity contribution in [2.24, 2.45) is 0 Å². The Balaban J connectivity index is 1.28. The van der Waals surface area contributed by atoms with Gasteiger partial charge in [0.1, 0.15) is 0 Å². The molecule has 0 radical (unpaired) electrons. The van der Waals surface area contributed by atoms with Crippen molar-refractivity contribution in [1.29, 1.82) is 0 Å². The maximum absolute atomic E-state index is 13.2. The number of nitrogens with zero attached hydrogens (tertiary/aromatic N) is 5. The third-order valence-electron chi connectivity index (χ3n) is 5.94. The molecule has 11 heteroatoms. The number of hydrogen-bond acceptors (Lipinski definition) is 6. The Labute approximate surface area is 190 Å². The van der Waals surface area contributed by atoms with E-state index in [9.17, 15) is 18.0 Å². The Hall–Kier alpha value is -3.08. The lowest BCUT2D eigenvalue weighted by Gasteiger charge is -2.34. The Kier molecular flexibility index (Phi) is 7.17. The van der Waals surface area contributed by atoms with Gasteiger partial charge in [0.05, 0.1) is 16.9 Å². The second kappa shape index (κ2) is 10.2. The van der Waals surface area contributed by atoms with E-state index >= 15 is 0 Å². The van der Waals surface area contributed by atoms with Gasteiger partial charge in [-0.2, -0.15) is 13.2 Å². The van der Waals surface area contributed by atoms with Crippen LogP contribution in [-0.4, -0.2) is 73.3 Å². The topological polar surface area (TPSA) is 76.6 Å². The van der Waals surface area contributed by atoms with Crippen LogP contribution >= 0.6 is 0 Å². The smallest absolute Gasteiger partial charge is 0.370 e. The van der Waals surface area contributed by atoms with Crippen molar-refractivity contribution >= 4 is 23.4 Å². The van der Waals surface area contributed by atoms with Gasteiger partial charge in [0.2, 0.25) is 5.95 Å². The lowest BCUT2D eigenvalue weighted by atomic mass is 10.1. The number of carbonyl (C=O) groups excluding carboxylic acids is 1. The first-order valence-electron chi connectivity index (χ1n) is 11.2. The van der Waals surface area contributed by atoms with Gasteiger partial charge in [-0.05, 0) is 37.1 Å². The number of hydrogen-bond donors (Lipinski definition) is 2. The molecule has 178 valence electrons. The van der Waals surface area contributed by atoms with Crippen molar-refractivity contribution in [2.75, 3.05) is 67.5 Å². The first kappa shape index (κ1) is 23.1. The van der Waals surface area contributed by atoms with Crippen LogP contribution in [0.3, 0.4) is 0 Å². The molecular formula is C22H28F3N7O. The average molecular weight is 464 g/mol. The molecule has 2 aliphatic heterocycles. The number of amides is 2. The van der Waals surface area contributed by atoms with Crippen LogP contribution < -0.4 is 20.4 Å². The van der Waals surface area contributed by atoms with E-state index in [1.165, 1.54) is 6.07 Å². The normalized spacial score (nSPS) is 17.3. The fraction of sp³-hybridized carbons (Fsp3) is 0.500. The maximum atomic E-state index is 13.2. The third-order valence-corrected chi connectivity index (χ3v) is 5.94. The predicted molar refractivity (Wildman–Crippen MR) is 121 cm³/mol. The number of halogens is 3. The van der Waals surface area contributed by atoms with Crippen LogP contribution in [-0.2, 0) is 6.18 Å². The van der Waals surface area contributed by atoms with Gasteiger partial charge < -0.3 is 20.4 Å². The average Bonchev–Trinajstić information content (AvgIpc) is 3.34. The molecular weight excluding hydrogens is 435 g/mol. The lowest BCUT2D eigenvalue weighted by Crippen LogP contribution is -2.49. The van der Waals surface area contributed by atoms with Crippen molar-refractivity contribution in [3.63, 3.8) is 0 Å². The van der Waals surface area contributed by atoms with E-state index in [4.69, 9.17) is 0 Å². The second-order valence-corrected chi connectivity index (χ2v) is 8.18. The van der Waals surface area contributed by atoms with E-state index < -0.39 is 17.8 Å². The molecule has 3 heterocycles. The maximum Gasteiger partial charge on any atom is 0.416 e. The number of carbonyl (C=O) groups is 1. The van der Waals surface area contributed by atoms with E-state index in [1.807, 2.05) is 4.90 Å². The Morgan fingerprint density at radius 2 is 1.67 bits per heavy atom. The molecule has 0 aliphatic carbocycles. The number of benzene rings is 1. The van der Waals surface area contributed by atoms with Gasteiger partial charge in [-0.3, -0.25) is 4.90 Å². The number of rotatable bonds is 6. The van der Waals surface area contributed by atoms with Crippen LogP contribution in [0.4, 0.5) is 35.3 Å². The molecule has 0 bridgehead atoms. The fourth-order valence-corrected chi connectivity index (χ4v) is 4.17. The van der Waals surface area contributed by atoms with E-state index in [0.29, 0.717) is 24.7 Å². The highest BCUT2D eigenvalue weighted by Gasteiger charge is 2.32. The zero-order valence-corrected chi connectivity index (χ0v) is 18.3. The predicted octanol–water partition coefficient (Wildman–Crippen LogP) is 3.04. The van der Waals surface area contributed by atoms with Gasteiger partial charge >= 0.3 is 12.2 Å². The number of piperazine rings is 1. The molecule has 2 saturated heterocycles. The zero-order valence-electron chi connectivity index (χ0n) is 18.3. The molecule has 0 unspecified atom stereocenters. The molecule has 2 N–H and O–H groups in total. The minimum atomic E-state index is -4.47. The van der Waals surface area contributed by atoms with Gasteiger partial charge in [-0.1, -0.05) is 0 Å². The molecule has 1 aromatic carbocycles. The standard InChI is InChI=1S/C22H28F3N7O/c23-22(24,25)17-4-5-19(31-9-1-2-10-31)18(16-17)29-21(33)28-8-11-30-12-14-32(15-13-30)20-26-6-3-7-27-20/h3-7,16H,1-2,8-15H2,(H2,28,29,33). The van der Waals surface area contributed by atoms with Crippen molar-refractivity contribution < 1.29 is 18.0 Å². The summed E-state index contributed by atoms with van der Waals surface area (Å²) >= 11 is 0. The van der Waals surface area contributed by atoms with Crippen LogP contribution in [0.5, 0.6) is 0 Å². The van der Waals surface area contributed by atoms with Gasteiger partial charge in [0.25, 0.3) is 0 Å². The summed E-state index contributed by atoms with van der Waals surface area (Å²) < 4.78 is 39.6. The van der Waals surface area contributed by atoms with E-state index in [2.05, 4.69) is 30.4 Å². The van der Waals surface area contributed by atoms with E-state index in [0.717, 1.165) is 64.2 Å². The molecule has 2 aliphatic rings. The molecule has 0 atom stereocenters. The summed E-state index contributed by atoms with van der Waals surface area (Å²) in [6.07, 6.45) is 0.934. The summed E-state index contributed by atoms with van der Waals surface area (Å²) in [5.41, 5.74) is 0.0246. The minimum Gasteiger partial charge on any atom is -0.370 e. The Morgan fingerprint density at radius 1 is 0.970 bits per heavy atom. The van der Waals surface area contributed by atoms with Crippen molar-refractivity contribution in [2.45, 2.75) is 19.0 Å². The Morgan fingerprint density at radius 3 is 2.33 bits per heavy atom. The molecule has 1 aromatic heterocycles. The van der Waals surface area contributed by atoms with E-state index in [1.54, 1.807) is 18.5 Å². The summed E-state index contributed by atoms with van der Waals surface area (Å²) in [5, 5.41) is 5.40. The summed E-state index contributed by atoms with van der Waals surface area (Å²) in [6.45, 7) is 5.79. The van der Waals surface area contributed by atoms with E-state index in [-0.39, 0.29) is 5.69 Å². The highest BCUT2D eigenvalue weighted by atomic mass is 19.4. The van der Waals surface area contributed by atoms with Gasteiger partial charge in [-0.25, -0.2) is 14.8 Å². The van der Waals surface area contributed by atoms with Crippen molar-refractivity contribution in [3.8, 4) is 0 Å². The summed E-state index contributed by atoms with van der Waals surface area (Å²) in [4.78, 5) is 27.3.